The Balaban J connectivity index is 2.49. The number of benzene rings is 1. The molecule has 0 unspecified atom stereocenters. The quantitative estimate of drug-likeness (QED) is 0.892. The molecular weight excluding hydrogens is 244 g/mol. The summed E-state index contributed by atoms with van der Waals surface area (Å²) in [6, 6.07) is 7.25. The molecule has 0 spiro atoms. The first-order valence-corrected chi connectivity index (χ1v) is 6.24. The zero-order valence-corrected chi connectivity index (χ0v) is 11.0. The number of rotatable bonds is 5. The van der Waals surface area contributed by atoms with Gasteiger partial charge in [0.05, 0.1) is 12.9 Å². The molecule has 4 heteroatoms. The molecule has 0 amide bonds. The van der Waals surface area contributed by atoms with Crippen LogP contribution >= 0.6 is 0 Å². The standard InChI is InChI=1S/C15H16O4/c1-3-10-9-19-14(13(10)15(16)17)11-6-5-7-12(8-11)18-4-2/h5-9H,3-4H2,1-2H3,(H,16,17). The average molecular weight is 260 g/mol. The van der Waals surface area contributed by atoms with E-state index in [1.165, 1.54) is 6.26 Å². The van der Waals surface area contributed by atoms with E-state index in [4.69, 9.17) is 9.15 Å². The Labute approximate surface area is 111 Å². The van der Waals surface area contributed by atoms with Gasteiger partial charge in [0.25, 0.3) is 0 Å². The Morgan fingerprint density at radius 3 is 2.79 bits per heavy atom. The van der Waals surface area contributed by atoms with Crippen LogP contribution in [0.5, 0.6) is 5.75 Å². The first kappa shape index (κ1) is 13.2. The zero-order valence-electron chi connectivity index (χ0n) is 11.0. The number of aryl methyl sites for hydroxylation is 1. The summed E-state index contributed by atoms with van der Waals surface area (Å²) in [7, 11) is 0. The van der Waals surface area contributed by atoms with Gasteiger partial charge in [-0.2, -0.15) is 0 Å². The molecule has 0 atom stereocenters. The van der Waals surface area contributed by atoms with Gasteiger partial charge in [-0.05, 0) is 25.5 Å². The van der Waals surface area contributed by atoms with Gasteiger partial charge in [0.2, 0.25) is 0 Å². The topological polar surface area (TPSA) is 59.7 Å². The van der Waals surface area contributed by atoms with Gasteiger partial charge in [0.15, 0.2) is 0 Å². The predicted molar refractivity (Wildman–Crippen MR) is 71.7 cm³/mol. The molecule has 1 heterocycles. The summed E-state index contributed by atoms with van der Waals surface area (Å²) in [5, 5.41) is 9.31. The molecule has 2 aromatic rings. The van der Waals surface area contributed by atoms with Crippen LogP contribution in [0.1, 0.15) is 29.8 Å². The number of carboxylic acids is 1. The molecule has 0 aliphatic rings. The Hall–Kier alpha value is -2.23. The van der Waals surface area contributed by atoms with E-state index in [9.17, 15) is 9.90 Å². The Morgan fingerprint density at radius 2 is 2.16 bits per heavy atom. The van der Waals surface area contributed by atoms with E-state index in [0.717, 1.165) is 0 Å². The van der Waals surface area contributed by atoms with E-state index in [0.29, 0.717) is 35.7 Å². The summed E-state index contributed by atoms with van der Waals surface area (Å²) in [5.74, 6) is 0.110. The van der Waals surface area contributed by atoms with Crippen molar-refractivity contribution >= 4 is 5.97 Å². The number of carboxylic acid groups (broad SMARTS) is 1. The molecule has 1 aromatic carbocycles. The lowest BCUT2D eigenvalue weighted by molar-refractivity contribution is 0.0696. The minimum atomic E-state index is -0.970. The highest BCUT2D eigenvalue weighted by Crippen LogP contribution is 2.30. The molecular formula is C15H16O4. The van der Waals surface area contributed by atoms with E-state index in [1.54, 1.807) is 6.07 Å². The lowest BCUT2D eigenvalue weighted by Crippen LogP contribution is -2.00. The molecule has 0 saturated heterocycles. The fourth-order valence-electron chi connectivity index (χ4n) is 1.99. The first-order chi connectivity index (χ1) is 9.17. The molecule has 0 aliphatic carbocycles. The van der Waals surface area contributed by atoms with Crippen LogP contribution in [0.15, 0.2) is 34.9 Å². The van der Waals surface area contributed by atoms with Crippen molar-refractivity contribution in [1.29, 1.82) is 0 Å². The average Bonchev–Trinajstić information content (AvgIpc) is 2.83. The number of hydrogen-bond donors (Lipinski definition) is 1. The zero-order chi connectivity index (χ0) is 13.8. The third kappa shape index (κ3) is 2.62. The van der Waals surface area contributed by atoms with Gasteiger partial charge in [-0.1, -0.05) is 19.1 Å². The van der Waals surface area contributed by atoms with E-state index in [-0.39, 0.29) is 5.56 Å². The van der Waals surface area contributed by atoms with E-state index >= 15 is 0 Å². The van der Waals surface area contributed by atoms with Crippen LogP contribution < -0.4 is 4.74 Å². The van der Waals surface area contributed by atoms with Crippen molar-refractivity contribution in [2.24, 2.45) is 0 Å². The van der Waals surface area contributed by atoms with Crippen molar-refractivity contribution in [2.75, 3.05) is 6.61 Å². The van der Waals surface area contributed by atoms with Crippen molar-refractivity contribution < 1.29 is 19.1 Å². The van der Waals surface area contributed by atoms with Gasteiger partial charge in [0.1, 0.15) is 17.1 Å². The molecule has 0 fully saturated rings. The van der Waals surface area contributed by atoms with E-state index < -0.39 is 5.97 Å². The van der Waals surface area contributed by atoms with Gasteiger partial charge >= 0.3 is 5.97 Å². The number of carbonyl (C=O) groups is 1. The third-order valence-corrected chi connectivity index (χ3v) is 2.87. The molecule has 1 N–H and O–H groups in total. The summed E-state index contributed by atoms with van der Waals surface area (Å²) in [4.78, 5) is 11.4. The summed E-state index contributed by atoms with van der Waals surface area (Å²) in [6.07, 6.45) is 2.13. The second-order valence-corrected chi connectivity index (χ2v) is 4.08. The summed E-state index contributed by atoms with van der Waals surface area (Å²) in [5.41, 5.74) is 1.64. The maximum absolute atomic E-state index is 11.4. The third-order valence-electron chi connectivity index (χ3n) is 2.87. The normalized spacial score (nSPS) is 10.4. The minimum Gasteiger partial charge on any atom is -0.494 e. The first-order valence-electron chi connectivity index (χ1n) is 6.24. The van der Waals surface area contributed by atoms with Crippen LogP contribution in [0.2, 0.25) is 0 Å². The molecule has 4 nitrogen and oxygen atoms in total. The summed E-state index contributed by atoms with van der Waals surface area (Å²) < 4.78 is 10.8. The minimum absolute atomic E-state index is 0.233. The number of aromatic carboxylic acids is 1. The highest BCUT2D eigenvalue weighted by molar-refractivity contribution is 5.96. The van der Waals surface area contributed by atoms with Crippen molar-refractivity contribution in [1.82, 2.24) is 0 Å². The van der Waals surface area contributed by atoms with Crippen LogP contribution in [0.3, 0.4) is 0 Å². The van der Waals surface area contributed by atoms with Crippen molar-refractivity contribution in [3.8, 4) is 17.1 Å². The molecule has 0 aliphatic heterocycles. The Morgan fingerprint density at radius 1 is 1.37 bits per heavy atom. The number of furan rings is 1. The Bertz CT molecular complexity index is 584. The smallest absolute Gasteiger partial charge is 0.339 e. The van der Waals surface area contributed by atoms with Crippen LogP contribution in [-0.2, 0) is 6.42 Å². The highest BCUT2D eigenvalue weighted by Gasteiger charge is 2.20. The monoisotopic (exact) mass is 260 g/mol. The fourth-order valence-corrected chi connectivity index (χ4v) is 1.99. The number of hydrogen-bond acceptors (Lipinski definition) is 3. The second-order valence-electron chi connectivity index (χ2n) is 4.08. The molecule has 19 heavy (non-hydrogen) atoms. The number of ether oxygens (including phenoxy) is 1. The van der Waals surface area contributed by atoms with E-state index in [2.05, 4.69) is 0 Å². The maximum Gasteiger partial charge on any atom is 0.339 e. The SMILES string of the molecule is CCOc1cccc(-c2occ(CC)c2C(=O)O)c1. The van der Waals surface area contributed by atoms with Gasteiger partial charge < -0.3 is 14.3 Å². The van der Waals surface area contributed by atoms with Gasteiger partial charge in [-0.3, -0.25) is 0 Å². The lowest BCUT2D eigenvalue weighted by Gasteiger charge is -2.05. The maximum atomic E-state index is 11.4. The van der Waals surface area contributed by atoms with Crippen molar-refractivity contribution in [3.63, 3.8) is 0 Å². The predicted octanol–water partition coefficient (Wildman–Crippen LogP) is 3.61. The molecule has 0 radical (unpaired) electrons. The van der Waals surface area contributed by atoms with Crippen LogP contribution in [0.25, 0.3) is 11.3 Å². The molecule has 1 aromatic heterocycles. The van der Waals surface area contributed by atoms with Crippen LogP contribution in [0.4, 0.5) is 0 Å². The molecule has 0 bridgehead atoms. The van der Waals surface area contributed by atoms with Crippen LogP contribution in [0, 0.1) is 0 Å². The largest absolute Gasteiger partial charge is 0.494 e. The molecule has 100 valence electrons. The fraction of sp³-hybridized carbons (Fsp3) is 0.267. The van der Waals surface area contributed by atoms with Gasteiger partial charge in [-0.15, -0.1) is 0 Å². The molecule has 0 saturated carbocycles. The summed E-state index contributed by atoms with van der Waals surface area (Å²) >= 11 is 0. The summed E-state index contributed by atoms with van der Waals surface area (Å²) in [6.45, 7) is 4.36. The second kappa shape index (κ2) is 5.61. The lowest BCUT2D eigenvalue weighted by atomic mass is 10.0. The van der Waals surface area contributed by atoms with Crippen molar-refractivity contribution in [3.05, 3.63) is 41.7 Å². The van der Waals surface area contributed by atoms with Gasteiger partial charge in [-0.25, -0.2) is 4.79 Å². The highest BCUT2D eigenvalue weighted by atomic mass is 16.5. The Kier molecular flexibility index (Phi) is 3.90. The van der Waals surface area contributed by atoms with E-state index in [1.807, 2.05) is 32.0 Å². The van der Waals surface area contributed by atoms with Crippen LogP contribution in [-0.4, -0.2) is 17.7 Å². The van der Waals surface area contributed by atoms with Crippen molar-refractivity contribution in [2.45, 2.75) is 20.3 Å². The molecule has 2 rings (SSSR count). The van der Waals surface area contributed by atoms with Gasteiger partial charge in [0, 0.05) is 11.1 Å².